The van der Waals surface area contributed by atoms with Crippen molar-refractivity contribution in [3.05, 3.63) is 64.1 Å². The first kappa shape index (κ1) is 17.6. The zero-order valence-electron chi connectivity index (χ0n) is 15.3. The molecule has 0 bridgehead atoms. The largest absolute Gasteiger partial charge is 0.493 e. The van der Waals surface area contributed by atoms with E-state index in [0.29, 0.717) is 22.7 Å². The lowest BCUT2D eigenvalue weighted by atomic mass is 10.1. The van der Waals surface area contributed by atoms with Gasteiger partial charge in [0.1, 0.15) is 0 Å². The number of hydrogen-bond acceptors (Lipinski definition) is 5. The SMILES string of the molecule is CCn1nc(C(=O)N=Nc2c(O)[nH]c3c(C)cccc23)c2ccccc2c1=O. The molecule has 0 fully saturated rings. The number of azo groups is 1. The number of nitrogens with one attached hydrogen (secondary N) is 1. The van der Waals surface area contributed by atoms with E-state index in [-0.39, 0.29) is 22.8 Å². The molecule has 0 radical (unpaired) electrons. The van der Waals surface area contributed by atoms with Gasteiger partial charge < -0.3 is 10.1 Å². The van der Waals surface area contributed by atoms with Crippen LogP contribution in [0.2, 0.25) is 0 Å². The molecule has 140 valence electrons. The van der Waals surface area contributed by atoms with Crippen LogP contribution in [0.25, 0.3) is 21.7 Å². The molecule has 0 spiro atoms. The van der Waals surface area contributed by atoms with Gasteiger partial charge in [-0.25, -0.2) is 4.68 Å². The van der Waals surface area contributed by atoms with Crippen molar-refractivity contribution in [1.29, 1.82) is 0 Å². The van der Waals surface area contributed by atoms with E-state index in [1.165, 1.54) is 4.68 Å². The van der Waals surface area contributed by atoms with E-state index in [9.17, 15) is 14.7 Å². The Balaban J connectivity index is 1.82. The van der Waals surface area contributed by atoms with Crippen molar-refractivity contribution in [2.24, 2.45) is 10.2 Å². The monoisotopic (exact) mass is 375 g/mol. The number of carbonyl (C=O) groups is 1. The maximum absolute atomic E-state index is 12.7. The average molecular weight is 375 g/mol. The summed E-state index contributed by atoms with van der Waals surface area (Å²) in [5.74, 6) is -0.864. The fraction of sp³-hybridized carbons (Fsp3) is 0.150. The molecule has 2 heterocycles. The number of rotatable bonds is 3. The van der Waals surface area contributed by atoms with E-state index in [2.05, 4.69) is 20.3 Å². The summed E-state index contributed by atoms with van der Waals surface area (Å²) >= 11 is 0. The van der Waals surface area contributed by atoms with Crippen molar-refractivity contribution in [2.45, 2.75) is 20.4 Å². The van der Waals surface area contributed by atoms with Gasteiger partial charge in [-0.15, -0.1) is 10.2 Å². The summed E-state index contributed by atoms with van der Waals surface area (Å²) in [5.41, 5.74) is 1.61. The van der Waals surface area contributed by atoms with Crippen molar-refractivity contribution in [3.8, 4) is 5.88 Å². The van der Waals surface area contributed by atoms with Crippen LogP contribution in [0.5, 0.6) is 5.88 Å². The maximum Gasteiger partial charge on any atom is 0.316 e. The Labute approximate surface area is 159 Å². The fourth-order valence-corrected chi connectivity index (χ4v) is 3.19. The van der Waals surface area contributed by atoms with E-state index in [4.69, 9.17) is 0 Å². The molecule has 0 saturated heterocycles. The van der Waals surface area contributed by atoms with Gasteiger partial charge in [0.15, 0.2) is 11.4 Å². The number of fused-ring (bicyclic) bond motifs is 2. The molecule has 28 heavy (non-hydrogen) atoms. The number of H-pyrrole nitrogens is 1. The van der Waals surface area contributed by atoms with E-state index in [0.717, 1.165) is 11.1 Å². The molecule has 0 atom stereocenters. The molecular formula is C20H17N5O3. The smallest absolute Gasteiger partial charge is 0.316 e. The molecule has 8 heteroatoms. The number of hydrogen-bond donors (Lipinski definition) is 2. The molecule has 4 aromatic rings. The Hall–Kier alpha value is -3.81. The van der Waals surface area contributed by atoms with Gasteiger partial charge in [-0.3, -0.25) is 9.59 Å². The second-order valence-electron chi connectivity index (χ2n) is 6.34. The number of para-hydroxylation sites is 1. The second kappa shape index (κ2) is 6.73. The van der Waals surface area contributed by atoms with Crippen molar-refractivity contribution < 1.29 is 9.90 Å². The summed E-state index contributed by atoms with van der Waals surface area (Å²) in [5, 5.41) is 23.5. The Bertz CT molecular complexity index is 1320. The lowest BCUT2D eigenvalue weighted by molar-refractivity contribution is 0.0990. The Kier molecular flexibility index (Phi) is 4.23. The third-order valence-electron chi connectivity index (χ3n) is 4.61. The van der Waals surface area contributed by atoms with Gasteiger partial charge in [-0.1, -0.05) is 36.4 Å². The summed E-state index contributed by atoms with van der Waals surface area (Å²) in [7, 11) is 0. The highest BCUT2D eigenvalue weighted by Gasteiger charge is 2.17. The number of amides is 1. The van der Waals surface area contributed by atoms with Crippen LogP contribution in [-0.4, -0.2) is 25.8 Å². The molecule has 2 aromatic heterocycles. The second-order valence-corrected chi connectivity index (χ2v) is 6.34. The van der Waals surface area contributed by atoms with Gasteiger partial charge in [-0.05, 0) is 25.5 Å². The predicted molar refractivity (Wildman–Crippen MR) is 105 cm³/mol. The summed E-state index contributed by atoms with van der Waals surface area (Å²) in [6, 6.07) is 12.3. The normalized spacial score (nSPS) is 11.6. The Morgan fingerprint density at radius 3 is 2.61 bits per heavy atom. The van der Waals surface area contributed by atoms with E-state index in [1.807, 2.05) is 19.1 Å². The van der Waals surface area contributed by atoms with Gasteiger partial charge in [0, 0.05) is 17.3 Å². The quantitative estimate of drug-likeness (QED) is 0.530. The molecular weight excluding hydrogens is 358 g/mol. The molecule has 0 aliphatic heterocycles. The molecule has 0 unspecified atom stereocenters. The Morgan fingerprint density at radius 1 is 1.14 bits per heavy atom. The summed E-state index contributed by atoms with van der Waals surface area (Å²) in [6.45, 7) is 3.99. The van der Waals surface area contributed by atoms with Gasteiger partial charge in [0.25, 0.3) is 5.56 Å². The number of aromatic nitrogens is 3. The van der Waals surface area contributed by atoms with Crippen molar-refractivity contribution in [1.82, 2.24) is 14.8 Å². The minimum Gasteiger partial charge on any atom is -0.493 e. The third-order valence-corrected chi connectivity index (χ3v) is 4.61. The molecule has 0 aliphatic carbocycles. The molecule has 1 amide bonds. The highest BCUT2D eigenvalue weighted by Crippen LogP contribution is 2.36. The van der Waals surface area contributed by atoms with Crippen LogP contribution < -0.4 is 5.56 Å². The van der Waals surface area contributed by atoms with Gasteiger partial charge in [-0.2, -0.15) is 5.10 Å². The first-order valence-electron chi connectivity index (χ1n) is 8.77. The number of nitrogens with zero attached hydrogens (tertiary/aromatic N) is 4. The van der Waals surface area contributed by atoms with Gasteiger partial charge in [0.2, 0.25) is 5.88 Å². The number of aromatic hydroxyl groups is 1. The maximum atomic E-state index is 12.7. The molecule has 0 saturated carbocycles. The summed E-state index contributed by atoms with van der Waals surface area (Å²) in [6.07, 6.45) is 0. The number of aryl methyl sites for hydroxylation is 2. The average Bonchev–Trinajstić information content (AvgIpc) is 3.03. The van der Waals surface area contributed by atoms with Crippen LogP contribution in [0.4, 0.5) is 5.69 Å². The van der Waals surface area contributed by atoms with Crippen molar-refractivity contribution in [3.63, 3.8) is 0 Å². The number of aromatic amines is 1. The number of benzene rings is 2. The van der Waals surface area contributed by atoms with Crippen LogP contribution in [0, 0.1) is 6.92 Å². The van der Waals surface area contributed by atoms with Gasteiger partial charge >= 0.3 is 5.91 Å². The van der Waals surface area contributed by atoms with Crippen LogP contribution in [0.3, 0.4) is 0 Å². The highest BCUT2D eigenvalue weighted by atomic mass is 16.3. The van der Waals surface area contributed by atoms with E-state index in [1.54, 1.807) is 37.3 Å². The lowest BCUT2D eigenvalue weighted by Gasteiger charge is -2.06. The predicted octanol–water partition coefficient (Wildman–Crippen LogP) is 3.84. The fourth-order valence-electron chi connectivity index (χ4n) is 3.19. The third kappa shape index (κ3) is 2.75. The minimum absolute atomic E-state index is 0.0383. The Morgan fingerprint density at radius 2 is 1.86 bits per heavy atom. The van der Waals surface area contributed by atoms with E-state index >= 15 is 0 Å². The summed E-state index contributed by atoms with van der Waals surface area (Å²) in [4.78, 5) is 28.0. The highest BCUT2D eigenvalue weighted by molar-refractivity contribution is 6.05. The molecule has 8 nitrogen and oxygen atoms in total. The lowest BCUT2D eigenvalue weighted by Crippen LogP contribution is -2.24. The minimum atomic E-state index is -0.695. The van der Waals surface area contributed by atoms with Crippen LogP contribution in [0.1, 0.15) is 23.0 Å². The zero-order valence-corrected chi connectivity index (χ0v) is 15.3. The van der Waals surface area contributed by atoms with Crippen molar-refractivity contribution in [2.75, 3.05) is 0 Å². The van der Waals surface area contributed by atoms with Gasteiger partial charge in [0.05, 0.1) is 10.9 Å². The number of carbonyl (C=O) groups excluding carboxylic acids is 1. The van der Waals surface area contributed by atoms with Crippen LogP contribution in [-0.2, 0) is 6.54 Å². The summed E-state index contributed by atoms with van der Waals surface area (Å²) < 4.78 is 1.22. The molecule has 0 aliphatic rings. The molecule has 4 rings (SSSR count). The first-order chi connectivity index (χ1) is 13.5. The standard InChI is InChI=1S/C20H17N5O3/c1-3-25-20(28)13-9-5-4-8-12(13)17(24-25)19(27)23-22-16-14-10-6-7-11(2)15(14)21-18(16)26/h4-10,21,26H,3H2,1-2H3. The topological polar surface area (TPSA) is 113 Å². The van der Waals surface area contributed by atoms with E-state index < -0.39 is 5.91 Å². The first-order valence-corrected chi connectivity index (χ1v) is 8.77. The van der Waals surface area contributed by atoms with Crippen LogP contribution in [0.15, 0.2) is 57.5 Å². The van der Waals surface area contributed by atoms with Crippen LogP contribution >= 0.6 is 0 Å². The van der Waals surface area contributed by atoms with Crippen molar-refractivity contribution >= 4 is 33.3 Å². The molecule has 2 aromatic carbocycles. The molecule has 2 N–H and O–H groups in total. The zero-order chi connectivity index (χ0) is 19.8.